The van der Waals surface area contributed by atoms with E-state index in [1.165, 1.54) is 29.7 Å². The number of carbonyl (C=O) groups excluding carboxylic acids is 1. The first-order chi connectivity index (χ1) is 12.5. The van der Waals surface area contributed by atoms with E-state index in [1.54, 1.807) is 6.92 Å². The van der Waals surface area contributed by atoms with Crippen molar-refractivity contribution in [2.45, 2.75) is 32.9 Å². The van der Waals surface area contributed by atoms with Gasteiger partial charge in [-0.05, 0) is 37.5 Å². The number of aromatic nitrogens is 2. The van der Waals surface area contributed by atoms with Crippen LogP contribution in [0.4, 0.5) is 5.69 Å². The number of ether oxygens (including phenoxy) is 1. The molecule has 0 saturated carbocycles. The number of para-hydroxylation sites is 1. The SMILES string of the molecule is COC(=O)c1sc2nc(CN3c4ccccc4C[C@@H]3C)[nH]c(=O)c2c1C. The van der Waals surface area contributed by atoms with Crippen molar-refractivity contribution in [3.05, 3.63) is 56.4 Å². The second-order valence-electron chi connectivity index (χ2n) is 6.55. The minimum atomic E-state index is -0.437. The van der Waals surface area contributed by atoms with E-state index >= 15 is 0 Å². The van der Waals surface area contributed by atoms with Gasteiger partial charge < -0.3 is 14.6 Å². The molecule has 0 radical (unpaired) electrons. The van der Waals surface area contributed by atoms with Crippen LogP contribution in [-0.2, 0) is 17.7 Å². The lowest BCUT2D eigenvalue weighted by molar-refractivity contribution is 0.0605. The first-order valence-electron chi connectivity index (χ1n) is 8.44. The number of anilines is 1. The van der Waals surface area contributed by atoms with Gasteiger partial charge in [-0.15, -0.1) is 11.3 Å². The van der Waals surface area contributed by atoms with Gasteiger partial charge in [0.15, 0.2) is 0 Å². The summed E-state index contributed by atoms with van der Waals surface area (Å²) in [4.78, 5) is 35.2. The zero-order valence-electron chi connectivity index (χ0n) is 14.8. The highest BCUT2D eigenvalue weighted by Crippen LogP contribution is 2.33. The van der Waals surface area contributed by atoms with Crippen LogP contribution < -0.4 is 10.5 Å². The van der Waals surface area contributed by atoms with E-state index < -0.39 is 5.97 Å². The largest absolute Gasteiger partial charge is 0.465 e. The first kappa shape index (κ1) is 16.8. The monoisotopic (exact) mass is 369 g/mol. The van der Waals surface area contributed by atoms with Crippen molar-refractivity contribution in [3.63, 3.8) is 0 Å². The topological polar surface area (TPSA) is 75.3 Å². The van der Waals surface area contributed by atoms with Gasteiger partial charge in [0, 0.05) is 11.7 Å². The summed E-state index contributed by atoms with van der Waals surface area (Å²) < 4.78 is 4.80. The maximum absolute atomic E-state index is 12.6. The van der Waals surface area contributed by atoms with Crippen molar-refractivity contribution >= 4 is 33.2 Å². The molecule has 1 aliphatic rings. The van der Waals surface area contributed by atoms with Crippen molar-refractivity contribution in [1.29, 1.82) is 0 Å². The lowest BCUT2D eigenvalue weighted by Gasteiger charge is -2.24. The minimum Gasteiger partial charge on any atom is -0.465 e. The van der Waals surface area contributed by atoms with Gasteiger partial charge in [0.2, 0.25) is 0 Å². The molecular weight excluding hydrogens is 350 g/mol. The summed E-state index contributed by atoms with van der Waals surface area (Å²) in [6.45, 7) is 4.44. The Hall–Kier alpha value is -2.67. The number of thiophene rings is 1. The van der Waals surface area contributed by atoms with Gasteiger partial charge in [-0.1, -0.05) is 18.2 Å². The number of aromatic amines is 1. The first-order valence-corrected chi connectivity index (χ1v) is 9.26. The van der Waals surface area contributed by atoms with Crippen molar-refractivity contribution in [1.82, 2.24) is 9.97 Å². The lowest BCUT2D eigenvalue weighted by atomic mass is 10.1. The van der Waals surface area contributed by atoms with Gasteiger partial charge in [-0.25, -0.2) is 9.78 Å². The van der Waals surface area contributed by atoms with Crippen LogP contribution in [0, 0.1) is 6.92 Å². The molecule has 6 nitrogen and oxygen atoms in total. The van der Waals surface area contributed by atoms with Gasteiger partial charge in [-0.3, -0.25) is 4.79 Å². The molecule has 3 aromatic rings. The molecule has 2 aromatic heterocycles. The van der Waals surface area contributed by atoms with Crippen LogP contribution in [0.5, 0.6) is 0 Å². The summed E-state index contributed by atoms with van der Waals surface area (Å²) in [6, 6.07) is 8.64. The summed E-state index contributed by atoms with van der Waals surface area (Å²) in [5.41, 5.74) is 2.90. The van der Waals surface area contributed by atoms with E-state index in [1.807, 2.05) is 12.1 Å². The van der Waals surface area contributed by atoms with Crippen LogP contribution in [-0.4, -0.2) is 29.1 Å². The number of carbonyl (C=O) groups is 1. The predicted octanol–water partition coefficient (Wildman–Crippen LogP) is 3.03. The summed E-state index contributed by atoms with van der Waals surface area (Å²) >= 11 is 1.21. The molecule has 0 amide bonds. The van der Waals surface area contributed by atoms with E-state index in [4.69, 9.17) is 4.74 Å². The summed E-state index contributed by atoms with van der Waals surface area (Å²) in [5, 5.41) is 0.467. The van der Waals surface area contributed by atoms with Crippen molar-refractivity contribution in [2.24, 2.45) is 0 Å². The smallest absolute Gasteiger partial charge is 0.348 e. The third-order valence-corrected chi connectivity index (χ3v) is 6.05. The molecule has 0 saturated heterocycles. The Morgan fingerprint density at radius 2 is 2.19 bits per heavy atom. The fraction of sp³-hybridized carbons (Fsp3) is 0.316. The zero-order chi connectivity index (χ0) is 18.4. The number of hydrogen-bond donors (Lipinski definition) is 1. The van der Waals surface area contributed by atoms with Crippen molar-refractivity contribution < 1.29 is 9.53 Å². The molecule has 1 N–H and O–H groups in total. The third-order valence-electron chi connectivity index (χ3n) is 4.89. The molecule has 1 atom stereocenters. The van der Waals surface area contributed by atoms with Crippen LogP contribution in [0.3, 0.4) is 0 Å². The van der Waals surface area contributed by atoms with Gasteiger partial charge in [0.1, 0.15) is 15.5 Å². The van der Waals surface area contributed by atoms with E-state index in [0.29, 0.717) is 39.1 Å². The maximum atomic E-state index is 12.6. The minimum absolute atomic E-state index is 0.214. The fourth-order valence-corrected chi connectivity index (χ4v) is 4.70. The number of rotatable bonds is 3. The molecule has 0 bridgehead atoms. The summed E-state index contributed by atoms with van der Waals surface area (Å²) in [5.74, 6) is 0.164. The van der Waals surface area contributed by atoms with Crippen molar-refractivity contribution in [2.75, 3.05) is 12.0 Å². The van der Waals surface area contributed by atoms with E-state index in [9.17, 15) is 9.59 Å². The second-order valence-corrected chi connectivity index (χ2v) is 7.55. The molecule has 26 heavy (non-hydrogen) atoms. The summed E-state index contributed by atoms with van der Waals surface area (Å²) in [6.07, 6.45) is 0.979. The third kappa shape index (κ3) is 2.59. The van der Waals surface area contributed by atoms with Gasteiger partial charge in [-0.2, -0.15) is 0 Å². The number of methoxy groups -OCH3 is 1. The van der Waals surface area contributed by atoms with Crippen LogP contribution in [0.15, 0.2) is 29.1 Å². The van der Waals surface area contributed by atoms with Crippen LogP contribution >= 0.6 is 11.3 Å². The van der Waals surface area contributed by atoms with E-state index in [0.717, 1.165) is 6.42 Å². The fourth-order valence-electron chi connectivity index (χ4n) is 3.58. The molecule has 1 aromatic carbocycles. The highest BCUT2D eigenvalue weighted by molar-refractivity contribution is 7.20. The highest BCUT2D eigenvalue weighted by Gasteiger charge is 2.27. The number of hydrogen-bond acceptors (Lipinski definition) is 6. The number of H-pyrrole nitrogens is 1. The second kappa shape index (κ2) is 6.25. The number of nitrogens with one attached hydrogen (secondary N) is 1. The average Bonchev–Trinajstić information content (AvgIpc) is 3.12. The van der Waals surface area contributed by atoms with Crippen molar-refractivity contribution in [3.8, 4) is 0 Å². The predicted molar refractivity (Wildman–Crippen MR) is 102 cm³/mol. The normalized spacial score (nSPS) is 16.1. The summed E-state index contributed by atoms with van der Waals surface area (Å²) in [7, 11) is 1.33. The van der Waals surface area contributed by atoms with E-state index in [-0.39, 0.29) is 5.56 Å². The van der Waals surface area contributed by atoms with Gasteiger partial charge in [0.25, 0.3) is 5.56 Å². The Kier molecular flexibility index (Phi) is 4.03. The molecule has 0 aliphatic carbocycles. The van der Waals surface area contributed by atoms with Gasteiger partial charge in [0.05, 0.1) is 19.0 Å². The van der Waals surface area contributed by atoms with Crippen LogP contribution in [0.25, 0.3) is 10.2 Å². The molecule has 0 fully saturated rings. The Bertz CT molecular complexity index is 1070. The molecule has 0 spiro atoms. The molecule has 134 valence electrons. The van der Waals surface area contributed by atoms with Crippen LogP contribution in [0.2, 0.25) is 0 Å². The van der Waals surface area contributed by atoms with Crippen LogP contribution in [0.1, 0.15) is 33.5 Å². The van der Waals surface area contributed by atoms with E-state index in [2.05, 4.69) is 33.9 Å². The molecular formula is C19H19N3O3S. The number of fused-ring (bicyclic) bond motifs is 2. The molecule has 4 rings (SSSR count). The quantitative estimate of drug-likeness (QED) is 0.718. The zero-order valence-corrected chi connectivity index (χ0v) is 15.6. The molecule has 7 heteroatoms. The Balaban J connectivity index is 1.74. The Labute approximate surface area is 154 Å². The number of benzene rings is 1. The number of esters is 1. The van der Waals surface area contributed by atoms with Gasteiger partial charge >= 0.3 is 5.97 Å². The lowest BCUT2D eigenvalue weighted by Crippen LogP contribution is -2.30. The Morgan fingerprint density at radius 3 is 2.96 bits per heavy atom. The maximum Gasteiger partial charge on any atom is 0.348 e. The molecule has 1 aliphatic heterocycles. The average molecular weight is 369 g/mol. The number of nitrogens with zero attached hydrogens (tertiary/aromatic N) is 2. The molecule has 3 heterocycles. The molecule has 0 unspecified atom stereocenters. The standard InChI is InChI=1S/C19H19N3O3S/c1-10-8-12-6-4-5-7-13(12)22(10)9-14-20-17(23)15-11(2)16(19(24)25-3)26-18(15)21-14/h4-7,10H,8-9H2,1-3H3,(H,20,21,23)/t10-/m0/s1. The Morgan fingerprint density at radius 1 is 1.42 bits per heavy atom. The highest BCUT2D eigenvalue weighted by atomic mass is 32.1. The number of aryl methyl sites for hydroxylation is 1.